The molecule has 0 spiro atoms. The molecule has 1 atom stereocenters. The Bertz CT molecular complexity index is 562. The van der Waals surface area contributed by atoms with E-state index < -0.39 is 11.6 Å². The number of fused-ring (bicyclic) bond motifs is 3. The first kappa shape index (κ1) is 13.5. The number of carbonyl (C=O) groups is 1. The number of rotatable bonds is 2. The predicted octanol–water partition coefficient (Wildman–Crippen LogP) is 3.43. The van der Waals surface area contributed by atoms with Crippen molar-refractivity contribution in [3.8, 4) is 5.75 Å². The maximum Gasteiger partial charge on any atom is 0.307 e. The molecule has 0 amide bonds. The van der Waals surface area contributed by atoms with E-state index in [0.717, 1.165) is 31.4 Å². The van der Waals surface area contributed by atoms with Crippen LogP contribution in [-0.4, -0.2) is 16.7 Å². The maximum absolute atomic E-state index is 11.1. The van der Waals surface area contributed by atoms with Gasteiger partial charge in [0.15, 0.2) is 0 Å². The molecule has 3 rings (SSSR count). The first-order valence-electron chi connectivity index (χ1n) is 7.53. The summed E-state index contributed by atoms with van der Waals surface area (Å²) < 4.78 is 6.23. The average Bonchev–Trinajstić information content (AvgIpc) is 2.37. The molecule has 1 heterocycles. The number of hydrogen-bond acceptors (Lipinski definition) is 2. The summed E-state index contributed by atoms with van der Waals surface area (Å²) in [4.78, 5) is 11.1. The number of aliphatic carboxylic acids is 1. The van der Waals surface area contributed by atoms with Gasteiger partial charge in [-0.25, -0.2) is 0 Å². The monoisotopic (exact) mass is 274 g/mol. The molecule has 20 heavy (non-hydrogen) atoms. The number of hydrogen-bond donors (Lipinski definition) is 1. The normalized spacial score (nSPS) is 24.5. The zero-order valence-corrected chi connectivity index (χ0v) is 12.3. The summed E-state index contributed by atoms with van der Waals surface area (Å²) in [6.45, 7) is 4.08. The molecule has 1 aliphatic carbocycles. The molecule has 2 aliphatic rings. The second-order valence-corrected chi connectivity index (χ2v) is 6.47. The quantitative estimate of drug-likeness (QED) is 0.898. The van der Waals surface area contributed by atoms with Gasteiger partial charge in [0.05, 0.1) is 6.42 Å². The zero-order chi connectivity index (χ0) is 14.3. The third-order valence-corrected chi connectivity index (χ3v) is 4.70. The van der Waals surface area contributed by atoms with Crippen LogP contribution in [0, 0.1) is 6.92 Å². The van der Waals surface area contributed by atoms with Gasteiger partial charge in [0.1, 0.15) is 11.4 Å². The van der Waals surface area contributed by atoms with Gasteiger partial charge in [-0.15, -0.1) is 0 Å². The molecule has 1 aliphatic heterocycles. The SMILES string of the molecule is Cc1cc2c(c3c1CCC(C)(CC(=O)O)O3)CCCC2. The fourth-order valence-corrected chi connectivity index (χ4v) is 3.62. The summed E-state index contributed by atoms with van der Waals surface area (Å²) in [5.74, 6) is 0.229. The van der Waals surface area contributed by atoms with Crippen LogP contribution in [0.25, 0.3) is 0 Å². The first-order chi connectivity index (χ1) is 9.48. The Hall–Kier alpha value is -1.51. The largest absolute Gasteiger partial charge is 0.486 e. The van der Waals surface area contributed by atoms with E-state index in [9.17, 15) is 4.79 Å². The predicted molar refractivity (Wildman–Crippen MR) is 77.4 cm³/mol. The van der Waals surface area contributed by atoms with E-state index in [4.69, 9.17) is 9.84 Å². The lowest BCUT2D eigenvalue weighted by Gasteiger charge is -2.38. The Morgan fingerprint density at radius 2 is 2.05 bits per heavy atom. The summed E-state index contributed by atoms with van der Waals surface area (Å²) in [5.41, 5.74) is 4.80. The Morgan fingerprint density at radius 3 is 2.80 bits per heavy atom. The van der Waals surface area contributed by atoms with Crippen LogP contribution in [-0.2, 0) is 24.1 Å². The number of aryl methyl sites for hydroxylation is 2. The van der Waals surface area contributed by atoms with Crippen molar-refractivity contribution in [3.05, 3.63) is 28.3 Å². The minimum absolute atomic E-state index is 0.0785. The molecule has 108 valence electrons. The highest BCUT2D eigenvalue weighted by Crippen LogP contribution is 2.42. The molecule has 1 unspecified atom stereocenters. The molecule has 0 aromatic heterocycles. The summed E-state index contributed by atoms with van der Waals surface area (Å²) in [5, 5.41) is 9.09. The molecular weight excluding hydrogens is 252 g/mol. The van der Waals surface area contributed by atoms with Crippen LogP contribution in [0.5, 0.6) is 5.75 Å². The van der Waals surface area contributed by atoms with Crippen molar-refractivity contribution in [1.82, 2.24) is 0 Å². The summed E-state index contributed by atoms with van der Waals surface area (Å²) >= 11 is 0. The Kier molecular flexibility index (Phi) is 3.23. The molecule has 3 nitrogen and oxygen atoms in total. The highest BCUT2D eigenvalue weighted by Gasteiger charge is 2.36. The topological polar surface area (TPSA) is 46.5 Å². The van der Waals surface area contributed by atoms with Crippen LogP contribution in [0.4, 0.5) is 0 Å². The van der Waals surface area contributed by atoms with Gasteiger partial charge in [0, 0.05) is 0 Å². The van der Waals surface area contributed by atoms with Crippen molar-refractivity contribution in [1.29, 1.82) is 0 Å². The van der Waals surface area contributed by atoms with Crippen LogP contribution >= 0.6 is 0 Å². The van der Waals surface area contributed by atoms with Crippen molar-refractivity contribution in [2.45, 2.75) is 64.4 Å². The molecule has 1 aromatic carbocycles. The van der Waals surface area contributed by atoms with Crippen LogP contribution in [0.3, 0.4) is 0 Å². The lowest BCUT2D eigenvalue weighted by atomic mass is 9.82. The summed E-state index contributed by atoms with van der Waals surface area (Å²) in [6.07, 6.45) is 6.45. The lowest BCUT2D eigenvalue weighted by Crippen LogP contribution is -2.39. The van der Waals surface area contributed by atoms with Gasteiger partial charge in [-0.1, -0.05) is 6.07 Å². The van der Waals surface area contributed by atoms with Gasteiger partial charge in [-0.2, -0.15) is 0 Å². The molecule has 1 N–H and O–H groups in total. The van der Waals surface area contributed by atoms with Crippen molar-refractivity contribution < 1.29 is 14.6 Å². The maximum atomic E-state index is 11.1. The van der Waals surface area contributed by atoms with Gasteiger partial charge < -0.3 is 9.84 Å². The van der Waals surface area contributed by atoms with Crippen LogP contribution in [0.2, 0.25) is 0 Å². The van der Waals surface area contributed by atoms with Crippen LogP contribution in [0.1, 0.15) is 54.9 Å². The average molecular weight is 274 g/mol. The minimum Gasteiger partial charge on any atom is -0.486 e. The van der Waals surface area contributed by atoms with Gasteiger partial charge in [-0.3, -0.25) is 4.79 Å². The van der Waals surface area contributed by atoms with Crippen LogP contribution < -0.4 is 4.74 Å². The van der Waals surface area contributed by atoms with Crippen molar-refractivity contribution >= 4 is 5.97 Å². The highest BCUT2D eigenvalue weighted by atomic mass is 16.5. The van der Waals surface area contributed by atoms with E-state index in [2.05, 4.69) is 13.0 Å². The Balaban J connectivity index is 2.03. The zero-order valence-electron chi connectivity index (χ0n) is 12.3. The van der Waals surface area contributed by atoms with Gasteiger partial charge in [0.25, 0.3) is 0 Å². The molecule has 1 aromatic rings. The second-order valence-electron chi connectivity index (χ2n) is 6.47. The third kappa shape index (κ3) is 2.30. The van der Waals surface area contributed by atoms with E-state index in [-0.39, 0.29) is 6.42 Å². The third-order valence-electron chi connectivity index (χ3n) is 4.70. The molecule has 0 saturated carbocycles. The van der Waals surface area contributed by atoms with Gasteiger partial charge in [0.2, 0.25) is 0 Å². The number of carboxylic acids is 1. The van der Waals surface area contributed by atoms with Gasteiger partial charge in [-0.05, 0) is 74.6 Å². The van der Waals surface area contributed by atoms with Crippen molar-refractivity contribution in [2.75, 3.05) is 0 Å². The molecule has 0 bridgehead atoms. The molecule has 0 fully saturated rings. The van der Waals surface area contributed by atoms with E-state index in [0.29, 0.717) is 0 Å². The lowest BCUT2D eigenvalue weighted by molar-refractivity contribution is -0.141. The summed E-state index contributed by atoms with van der Waals surface area (Å²) in [6, 6.07) is 2.32. The minimum atomic E-state index is -0.780. The fourth-order valence-electron chi connectivity index (χ4n) is 3.62. The van der Waals surface area contributed by atoms with Crippen LogP contribution in [0.15, 0.2) is 6.07 Å². The molecule has 0 saturated heterocycles. The number of carboxylic acid groups (broad SMARTS) is 1. The van der Waals surface area contributed by atoms with E-state index in [1.165, 1.54) is 35.1 Å². The number of benzene rings is 1. The molecule has 3 heteroatoms. The van der Waals surface area contributed by atoms with Gasteiger partial charge >= 0.3 is 5.97 Å². The Morgan fingerprint density at radius 1 is 1.30 bits per heavy atom. The van der Waals surface area contributed by atoms with E-state index in [1.54, 1.807) is 0 Å². The van der Waals surface area contributed by atoms with Crippen molar-refractivity contribution in [2.24, 2.45) is 0 Å². The molecular formula is C17H22O3. The Labute approximate surface area is 120 Å². The second kappa shape index (κ2) is 4.80. The first-order valence-corrected chi connectivity index (χ1v) is 7.53. The van der Waals surface area contributed by atoms with Crippen molar-refractivity contribution in [3.63, 3.8) is 0 Å². The van der Waals surface area contributed by atoms with E-state index in [1.807, 2.05) is 6.92 Å². The smallest absolute Gasteiger partial charge is 0.307 e. The number of ether oxygens (including phenoxy) is 1. The van der Waals surface area contributed by atoms with E-state index >= 15 is 0 Å². The summed E-state index contributed by atoms with van der Waals surface area (Å²) in [7, 11) is 0. The molecule has 0 radical (unpaired) electrons. The highest BCUT2D eigenvalue weighted by molar-refractivity contribution is 5.68. The standard InChI is InChI=1S/C17H22O3/c1-11-9-12-5-3-4-6-14(12)16-13(11)7-8-17(2,20-16)10-15(18)19/h9H,3-8,10H2,1-2H3,(H,18,19). The fraction of sp³-hybridized carbons (Fsp3) is 0.588.